The van der Waals surface area contributed by atoms with Crippen LogP contribution in [0.2, 0.25) is 0 Å². The fourth-order valence-corrected chi connectivity index (χ4v) is 0.814. The van der Waals surface area contributed by atoms with Crippen LogP contribution in [-0.4, -0.2) is 19.2 Å². The largest absolute Gasteiger partial charge is 0.748 e. The second-order valence-corrected chi connectivity index (χ2v) is 4.19. The summed E-state index contributed by atoms with van der Waals surface area (Å²) in [6, 6.07) is 0. The van der Waals surface area contributed by atoms with Gasteiger partial charge in [-0.25, -0.2) is 8.42 Å². The first-order valence-corrected chi connectivity index (χ1v) is 5.41. The van der Waals surface area contributed by atoms with E-state index in [9.17, 15) is 0 Å². The molecule has 0 aliphatic heterocycles. The molecule has 0 spiro atoms. The van der Waals surface area contributed by atoms with Gasteiger partial charge in [0.05, 0.1) is 10.1 Å². The molecule has 0 atom stereocenters. The van der Waals surface area contributed by atoms with Gasteiger partial charge in [-0.2, -0.15) is 0 Å². The number of nitrogen functional groups attached to an aromatic ring is 2. The summed E-state index contributed by atoms with van der Waals surface area (Å²) in [5, 5.41) is 2.45. The van der Waals surface area contributed by atoms with Crippen LogP contribution in [0.4, 0.5) is 5.13 Å². The van der Waals surface area contributed by atoms with Gasteiger partial charge in [-0.05, 0) is 0 Å². The standard InChI is InChI=1S/C3H5N3S.CH4O3S/c4-3-6(5)1-2-7-3;1-5(2,3)4/h1-2,4H,5H2;1H3,(H,2,3,4). The lowest BCUT2D eigenvalue weighted by atomic mass is 11.0. The minimum Gasteiger partial charge on any atom is -0.748 e. The summed E-state index contributed by atoms with van der Waals surface area (Å²) in [5.74, 6) is 5.24. The van der Waals surface area contributed by atoms with Gasteiger partial charge in [-0.3, -0.25) is 11.6 Å². The van der Waals surface area contributed by atoms with Gasteiger partial charge in [0.1, 0.15) is 6.20 Å². The monoisotopic (exact) mass is 211 g/mol. The molecule has 0 saturated carbocycles. The number of nitrogens with zero attached hydrogens (tertiary/aromatic N) is 1. The third kappa shape index (κ3) is 7.25. The van der Waals surface area contributed by atoms with Gasteiger partial charge < -0.3 is 4.55 Å². The molecule has 1 aromatic heterocycles. The van der Waals surface area contributed by atoms with E-state index in [0.29, 0.717) is 11.4 Å². The molecular weight excluding hydrogens is 202 g/mol. The van der Waals surface area contributed by atoms with Crippen molar-refractivity contribution in [3.8, 4) is 0 Å². The van der Waals surface area contributed by atoms with Crippen LogP contribution >= 0.6 is 11.3 Å². The first kappa shape index (κ1) is 11.1. The molecule has 4 N–H and O–H groups in total. The predicted octanol–water partition coefficient (Wildman–Crippen LogP) is -1.51. The summed E-state index contributed by atoms with van der Waals surface area (Å²) < 4.78 is 28.6. The van der Waals surface area contributed by atoms with E-state index in [1.54, 1.807) is 6.20 Å². The lowest BCUT2D eigenvalue weighted by Gasteiger charge is -1.90. The third-order valence-electron chi connectivity index (χ3n) is 0.665. The number of anilines is 1. The molecule has 0 saturated heterocycles. The summed E-state index contributed by atoms with van der Waals surface area (Å²) in [5.41, 5.74) is 5.30. The van der Waals surface area contributed by atoms with Crippen LogP contribution < -0.4 is 16.3 Å². The van der Waals surface area contributed by atoms with Crippen molar-refractivity contribution in [2.75, 3.05) is 17.8 Å². The highest BCUT2D eigenvalue weighted by molar-refractivity contribution is 7.84. The Hall–Kier alpha value is -0.860. The van der Waals surface area contributed by atoms with Crippen molar-refractivity contribution in [1.82, 2.24) is 0 Å². The summed E-state index contributed by atoms with van der Waals surface area (Å²) in [7, 11) is -3.92. The average Bonchev–Trinajstić information content (AvgIpc) is 2.12. The Morgan fingerprint density at radius 2 is 2.08 bits per heavy atom. The number of rotatable bonds is 0. The van der Waals surface area contributed by atoms with E-state index in [4.69, 9.17) is 24.5 Å². The Kier molecular flexibility index (Phi) is 3.93. The lowest BCUT2D eigenvalue weighted by molar-refractivity contribution is -0.619. The molecule has 70 valence electrons. The Balaban J connectivity index is 0.000000217. The maximum absolute atomic E-state index is 9.08. The normalized spacial score (nSPS) is 10.2. The quantitative estimate of drug-likeness (QED) is 0.308. The lowest BCUT2D eigenvalue weighted by Crippen LogP contribution is -2.44. The van der Waals surface area contributed by atoms with Gasteiger partial charge in [0, 0.05) is 11.6 Å². The molecule has 0 unspecified atom stereocenters. The van der Waals surface area contributed by atoms with Crippen molar-refractivity contribution in [3.05, 3.63) is 11.6 Å². The minimum atomic E-state index is -3.92. The van der Waals surface area contributed by atoms with E-state index >= 15 is 0 Å². The molecule has 6 nitrogen and oxygen atoms in total. The topological polar surface area (TPSA) is 113 Å². The van der Waals surface area contributed by atoms with E-state index in [2.05, 4.69) is 0 Å². The predicted molar refractivity (Wildman–Crippen MR) is 44.7 cm³/mol. The fraction of sp³-hybridized carbons (Fsp3) is 0.250. The van der Waals surface area contributed by atoms with Crippen LogP contribution in [0.5, 0.6) is 0 Å². The van der Waals surface area contributed by atoms with Gasteiger partial charge in [0.2, 0.25) is 0 Å². The maximum atomic E-state index is 9.08. The van der Waals surface area contributed by atoms with Gasteiger partial charge in [0.25, 0.3) is 0 Å². The van der Waals surface area contributed by atoms with Gasteiger partial charge >= 0.3 is 5.13 Å². The number of hydrogen-bond donors (Lipinski definition) is 2. The molecule has 0 aliphatic rings. The fourth-order valence-electron chi connectivity index (χ4n) is 0.300. The van der Waals surface area contributed by atoms with E-state index < -0.39 is 10.1 Å². The average molecular weight is 211 g/mol. The molecule has 0 aliphatic carbocycles. The van der Waals surface area contributed by atoms with Crippen LogP contribution in [-0.2, 0) is 10.1 Å². The second kappa shape index (κ2) is 4.24. The molecule has 1 rings (SSSR count). The summed E-state index contributed by atoms with van der Waals surface area (Å²) in [4.78, 5) is 0. The van der Waals surface area contributed by atoms with Crippen LogP contribution in [0.15, 0.2) is 11.6 Å². The summed E-state index contributed by atoms with van der Waals surface area (Å²) in [6.07, 6.45) is 2.31. The van der Waals surface area contributed by atoms with Crippen molar-refractivity contribution in [2.24, 2.45) is 0 Å². The maximum Gasteiger partial charge on any atom is 0.354 e. The number of hydrogen-bond acceptors (Lipinski definition) is 6. The number of thiazole rings is 1. The van der Waals surface area contributed by atoms with E-state index in [0.717, 1.165) is 0 Å². The minimum absolute atomic E-state index is 0.604. The molecule has 1 aromatic rings. The Morgan fingerprint density at radius 3 is 2.17 bits per heavy atom. The first-order chi connectivity index (χ1) is 5.30. The number of aromatic nitrogens is 1. The highest BCUT2D eigenvalue weighted by Gasteiger charge is 1.96. The zero-order valence-corrected chi connectivity index (χ0v) is 7.93. The van der Waals surface area contributed by atoms with Crippen LogP contribution in [0, 0.1) is 0 Å². The highest BCUT2D eigenvalue weighted by Crippen LogP contribution is 1.98. The second-order valence-electron chi connectivity index (χ2n) is 1.85. The van der Waals surface area contributed by atoms with Crippen LogP contribution in [0.3, 0.4) is 0 Å². The molecule has 8 heteroatoms. The van der Waals surface area contributed by atoms with Crippen molar-refractivity contribution in [3.63, 3.8) is 0 Å². The molecule has 0 radical (unpaired) electrons. The highest BCUT2D eigenvalue weighted by atomic mass is 32.2. The molecule has 0 amide bonds. The van der Waals surface area contributed by atoms with Crippen LogP contribution in [0.25, 0.3) is 0 Å². The van der Waals surface area contributed by atoms with Crippen molar-refractivity contribution in [2.45, 2.75) is 0 Å². The third-order valence-corrected chi connectivity index (χ3v) is 1.37. The number of nitrogens with two attached hydrogens (primary N) is 2. The Morgan fingerprint density at radius 1 is 1.67 bits per heavy atom. The van der Waals surface area contributed by atoms with Crippen molar-refractivity contribution >= 4 is 26.6 Å². The molecule has 0 fully saturated rings. The Labute approximate surface area is 74.2 Å². The van der Waals surface area contributed by atoms with E-state index in [-0.39, 0.29) is 0 Å². The summed E-state index contributed by atoms with van der Waals surface area (Å²) in [6.45, 7) is 0. The molecule has 0 bridgehead atoms. The Bertz CT molecular complexity index is 307. The van der Waals surface area contributed by atoms with Crippen molar-refractivity contribution < 1.29 is 17.6 Å². The van der Waals surface area contributed by atoms with Gasteiger partial charge in [-0.15, -0.1) is 4.68 Å². The smallest absolute Gasteiger partial charge is 0.354 e. The van der Waals surface area contributed by atoms with Gasteiger partial charge in [0.15, 0.2) is 0 Å². The van der Waals surface area contributed by atoms with Crippen LogP contribution in [0.1, 0.15) is 0 Å². The zero-order chi connectivity index (χ0) is 9.78. The first-order valence-electron chi connectivity index (χ1n) is 2.71. The van der Waals surface area contributed by atoms with E-state index in [1.165, 1.54) is 16.0 Å². The van der Waals surface area contributed by atoms with Gasteiger partial charge in [-0.1, -0.05) is 11.3 Å². The van der Waals surface area contributed by atoms with Crippen molar-refractivity contribution in [1.29, 1.82) is 0 Å². The molecular formula is C4H9N3O3S2. The molecule has 12 heavy (non-hydrogen) atoms. The molecule has 1 heterocycles. The SMILES string of the molecule is CS(=O)(=O)[O-].Nc1scc[n+]1N. The molecule has 0 aromatic carbocycles. The van der Waals surface area contributed by atoms with E-state index in [1.807, 2.05) is 5.38 Å². The zero-order valence-electron chi connectivity index (χ0n) is 6.30. The summed E-state index contributed by atoms with van der Waals surface area (Å²) >= 11 is 1.42.